The average Bonchev–Trinajstić information content (AvgIpc) is 3.44. The van der Waals surface area contributed by atoms with E-state index in [0.29, 0.717) is 18.4 Å². The van der Waals surface area contributed by atoms with Crippen LogP contribution in [0.2, 0.25) is 0 Å². The quantitative estimate of drug-likeness (QED) is 0.158. The molecule has 0 saturated carbocycles. The molecule has 1 fully saturated rings. The van der Waals surface area contributed by atoms with E-state index >= 15 is 0 Å². The number of unbranched alkanes of at least 4 members (excludes halogenated alkanes) is 2. The van der Waals surface area contributed by atoms with Crippen molar-refractivity contribution >= 4 is 45.2 Å². The van der Waals surface area contributed by atoms with Crippen molar-refractivity contribution in [2.45, 2.75) is 87.6 Å². The summed E-state index contributed by atoms with van der Waals surface area (Å²) in [5.41, 5.74) is 2.27. The standard InChI is InChI=1S/C31H38N4O6S2/c1-3-29-35(43(40,41)26-12-8-5-9-13-26)28(20-42-29)30(37)34-27(31(38)39)19-24-16-14-23(15-17-24)18-25(36)11-7-4-6-10-22(2)33-21-32/h5,8-9,12-17,27-29H,3-4,6-7,10-11,18-20H2,1-2H3,(H,34,37)(H,38,39)/t27-,28-,29?/m0/s1. The fourth-order valence-corrected chi connectivity index (χ4v) is 8.48. The van der Waals surface area contributed by atoms with Crippen LogP contribution in [0.4, 0.5) is 0 Å². The van der Waals surface area contributed by atoms with Gasteiger partial charge in [0.05, 0.1) is 10.3 Å². The van der Waals surface area contributed by atoms with E-state index in [2.05, 4.69) is 10.3 Å². The summed E-state index contributed by atoms with van der Waals surface area (Å²) in [4.78, 5) is 41.6. The Hall–Kier alpha value is -3.53. The molecule has 0 bridgehead atoms. The number of carboxylic acid groups (broad SMARTS) is 1. The van der Waals surface area contributed by atoms with Crippen LogP contribution >= 0.6 is 11.8 Å². The van der Waals surface area contributed by atoms with Crippen molar-refractivity contribution in [2.75, 3.05) is 5.75 Å². The summed E-state index contributed by atoms with van der Waals surface area (Å²) < 4.78 is 28.1. The molecule has 1 aliphatic rings. The Morgan fingerprint density at radius 3 is 2.35 bits per heavy atom. The fourth-order valence-electron chi connectivity index (χ4n) is 4.91. The number of carbonyl (C=O) groups is 3. The lowest BCUT2D eigenvalue weighted by Crippen LogP contribution is -2.53. The van der Waals surface area contributed by atoms with Gasteiger partial charge in [-0.2, -0.15) is 14.6 Å². The van der Waals surface area contributed by atoms with Gasteiger partial charge < -0.3 is 10.4 Å². The van der Waals surface area contributed by atoms with Gasteiger partial charge in [0.2, 0.25) is 22.1 Å². The molecule has 2 aromatic carbocycles. The van der Waals surface area contributed by atoms with Crippen molar-refractivity contribution in [3.05, 3.63) is 65.7 Å². The zero-order chi connectivity index (χ0) is 31.4. The van der Waals surface area contributed by atoms with Crippen LogP contribution in [-0.4, -0.2) is 64.4 Å². The van der Waals surface area contributed by atoms with Gasteiger partial charge in [-0.05, 0) is 55.9 Å². The first-order chi connectivity index (χ1) is 20.6. The molecule has 43 heavy (non-hydrogen) atoms. The lowest BCUT2D eigenvalue weighted by atomic mass is 10.00. The van der Waals surface area contributed by atoms with E-state index in [4.69, 9.17) is 5.26 Å². The molecule has 0 aliphatic carbocycles. The average molecular weight is 627 g/mol. The molecular weight excluding hydrogens is 588 g/mol. The van der Waals surface area contributed by atoms with E-state index in [1.807, 2.05) is 13.8 Å². The van der Waals surface area contributed by atoms with E-state index in [1.54, 1.807) is 48.7 Å². The predicted octanol–water partition coefficient (Wildman–Crippen LogP) is 4.34. The number of carboxylic acids is 1. The number of nitrogens with zero attached hydrogens (tertiary/aromatic N) is 3. The zero-order valence-electron chi connectivity index (χ0n) is 24.4. The number of benzene rings is 2. The molecule has 2 N–H and O–H groups in total. The molecule has 2 aromatic rings. The Labute approximate surface area is 257 Å². The van der Waals surface area contributed by atoms with Gasteiger partial charge in [-0.1, -0.05) is 55.8 Å². The minimum absolute atomic E-state index is 0.00628. The minimum Gasteiger partial charge on any atom is -0.480 e. The third kappa shape index (κ3) is 9.74. The number of carbonyl (C=O) groups excluding carboxylic acids is 2. The fraction of sp³-hybridized carbons (Fsp3) is 0.452. The maximum Gasteiger partial charge on any atom is 0.326 e. The number of Topliss-reactive ketones (excluding diaryl/α,β-unsaturated/α-hetero) is 1. The Morgan fingerprint density at radius 2 is 1.72 bits per heavy atom. The summed E-state index contributed by atoms with van der Waals surface area (Å²) in [6.45, 7) is 3.66. The Kier molecular flexibility index (Phi) is 12.9. The highest BCUT2D eigenvalue weighted by Crippen LogP contribution is 2.36. The van der Waals surface area contributed by atoms with E-state index in [9.17, 15) is 27.9 Å². The molecule has 0 spiro atoms. The van der Waals surface area contributed by atoms with Crippen molar-refractivity contribution in [1.29, 1.82) is 5.26 Å². The van der Waals surface area contributed by atoms with Gasteiger partial charge in [0.15, 0.2) is 0 Å². The van der Waals surface area contributed by atoms with Crippen LogP contribution in [0.1, 0.15) is 63.5 Å². The molecule has 12 heteroatoms. The molecule has 3 atom stereocenters. The molecule has 1 saturated heterocycles. The topological polar surface area (TPSA) is 157 Å². The number of amides is 1. The normalized spacial score (nSPS) is 18.1. The Bertz CT molecular complexity index is 1440. The molecule has 1 unspecified atom stereocenters. The summed E-state index contributed by atoms with van der Waals surface area (Å²) in [6.07, 6.45) is 6.26. The molecule has 230 valence electrons. The van der Waals surface area contributed by atoms with E-state index in [-0.39, 0.29) is 29.3 Å². The highest BCUT2D eigenvalue weighted by Gasteiger charge is 2.46. The molecule has 10 nitrogen and oxygen atoms in total. The number of nitriles is 1. The first kappa shape index (κ1) is 34.0. The van der Waals surface area contributed by atoms with Crippen molar-refractivity contribution in [2.24, 2.45) is 4.99 Å². The third-order valence-electron chi connectivity index (χ3n) is 7.22. The summed E-state index contributed by atoms with van der Waals surface area (Å²) in [5.74, 6) is -1.54. The lowest BCUT2D eigenvalue weighted by Gasteiger charge is -2.28. The number of rotatable bonds is 16. The zero-order valence-corrected chi connectivity index (χ0v) is 26.1. The van der Waals surface area contributed by atoms with Crippen LogP contribution in [-0.2, 0) is 37.2 Å². The summed E-state index contributed by atoms with van der Waals surface area (Å²) in [5, 5.41) is 20.5. The van der Waals surface area contributed by atoms with Crippen LogP contribution in [0.5, 0.6) is 0 Å². The molecule has 3 rings (SSSR count). The SMILES string of the molecule is CCC1SC[C@@H](C(=O)N[C@@H](Cc2ccc(CC(=O)CCCCCC(C)=NC#N)cc2)C(=O)O)N1S(=O)(=O)c1ccccc1. The van der Waals surface area contributed by atoms with Crippen LogP contribution < -0.4 is 5.32 Å². The molecular formula is C31H38N4O6S2. The van der Waals surface area contributed by atoms with E-state index in [0.717, 1.165) is 37.0 Å². The largest absolute Gasteiger partial charge is 0.480 e. The van der Waals surface area contributed by atoms with Gasteiger partial charge in [-0.15, -0.1) is 11.8 Å². The van der Waals surface area contributed by atoms with Gasteiger partial charge in [-0.25, -0.2) is 13.2 Å². The summed E-state index contributed by atoms with van der Waals surface area (Å²) in [7, 11) is -3.98. The van der Waals surface area contributed by atoms with Crippen LogP contribution in [0.3, 0.4) is 0 Å². The van der Waals surface area contributed by atoms with Gasteiger partial charge in [0.25, 0.3) is 0 Å². The smallest absolute Gasteiger partial charge is 0.326 e. The van der Waals surface area contributed by atoms with Crippen molar-refractivity contribution in [3.8, 4) is 6.19 Å². The van der Waals surface area contributed by atoms with E-state index < -0.39 is 39.4 Å². The highest BCUT2D eigenvalue weighted by atomic mass is 32.2. The van der Waals surface area contributed by atoms with Gasteiger partial charge in [0.1, 0.15) is 17.9 Å². The van der Waals surface area contributed by atoms with Crippen molar-refractivity contribution in [3.63, 3.8) is 0 Å². The van der Waals surface area contributed by atoms with Crippen LogP contribution in [0.25, 0.3) is 0 Å². The monoisotopic (exact) mass is 626 g/mol. The Balaban J connectivity index is 1.57. The van der Waals surface area contributed by atoms with Crippen LogP contribution in [0.15, 0.2) is 64.5 Å². The van der Waals surface area contributed by atoms with Crippen molar-refractivity contribution < 1.29 is 27.9 Å². The predicted molar refractivity (Wildman–Crippen MR) is 166 cm³/mol. The number of nitrogens with one attached hydrogen (secondary N) is 1. The summed E-state index contributed by atoms with van der Waals surface area (Å²) >= 11 is 1.36. The number of sulfonamides is 1. The van der Waals surface area contributed by atoms with Gasteiger partial charge in [0, 0.05) is 30.7 Å². The second-order valence-electron chi connectivity index (χ2n) is 10.5. The first-order valence-corrected chi connectivity index (χ1v) is 16.8. The second-order valence-corrected chi connectivity index (χ2v) is 13.6. The molecule has 0 aromatic heterocycles. The molecule has 1 amide bonds. The van der Waals surface area contributed by atoms with Gasteiger partial charge in [-0.3, -0.25) is 9.59 Å². The third-order valence-corrected chi connectivity index (χ3v) is 10.7. The molecule has 0 radical (unpaired) electrons. The number of aliphatic carboxylic acids is 1. The van der Waals surface area contributed by atoms with Crippen molar-refractivity contribution in [1.82, 2.24) is 9.62 Å². The maximum atomic E-state index is 13.4. The number of thioether (sulfide) groups is 1. The van der Waals surface area contributed by atoms with Crippen LogP contribution in [0, 0.1) is 11.5 Å². The number of ketones is 1. The first-order valence-electron chi connectivity index (χ1n) is 14.3. The second kappa shape index (κ2) is 16.4. The summed E-state index contributed by atoms with van der Waals surface area (Å²) in [6, 6.07) is 12.7. The van der Waals surface area contributed by atoms with Gasteiger partial charge >= 0.3 is 5.97 Å². The van der Waals surface area contributed by atoms with E-state index in [1.165, 1.54) is 28.2 Å². The molecule has 1 heterocycles. The Morgan fingerprint density at radius 1 is 1.07 bits per heavy atom. The maximum absolute atomic E-state index is 13.4. The number of aliphatic imine (C=N–C) groups is 1. The minimum atomic E-state index is -3.98. The highest BCUT2D eigenvalue weighted by molar-refractivity contribution is 8.01. The number of hydrogen-bond acceptors (Lipinski definition) is 8. The number of hydrogen-bond donors (Lipinski definition) is 2. The molecule has 1 aliphatic heterocycles. The lowest BCUT2D eigenvalue weighted by molar-refractivity contribution is -0.142.